The van der Waals surface area contributed by atoms with Crippen molar-refractivity contribution in [1.29, 1.82) is 0 Å². The predicted molar refractivity (Wildman–Crippen MR) is 131 cm³/mol. The quantitative estimate of drug-likeness (QED) is 0.241. The molecule has 5 heteroatoms. The van der Waals surface area contributed by atoms with Crippen LogP contribution in [0.15, 0.2) is 72.2 Å². The van der Waals surface area contributed by atoms with Crippen LogP contribution in [0.25, 0.3) is 0 Å². The van der Waals surface area contributed by atoms with Gasteiger partial charge in [0.1, 0.15) is 11.5 Å². The van der Waals surface area contributed by atoms with Gasteiger partial charge in [0.25, 0.3) is 0 Å². The molecule has 1 N–H and O–H groups in total. The topological polar surface area (TPSA) is 59.6 Å². The molecule has 0 atom stereocenters. The van der Waals surface area contributed by atoms with Crippen molar-refractivity contribution in [3.05, 3.63) is 78.4 Å². The van der Waals surface area contributed by atoms with E-state index in [0.717, 1.165) is 36.2 Å². The SMILES string of the molecule is CCCCCCCCOc1ccc(/C(=N\CCCn2ccnc2)c2ccccc2)c(O)c1. The highest BCUT2D eigenvalue weighted by molar-refractivity contribution is 6.14. The van der Waals surface area contributed by atoms with E-state index in [2.05, 4.69) is 11.9 Å². The molecule has 0 aliphatic rings. The third-order valence-corrected chi connectivity index (χ3v) is 5.44. The molecule has 0 unspecified atom stereocenters. The van der Waals surface area contributed by atoms with Gasteiger partial charge in [0.05, 0.1) is 18.6 Å². The minimum Gasteiger partial charge on any atom is -0.507 e. The van der Waals surface area contributed by atoms with Gasteiger partial charge in [0.15, 0.2) is 0 Å². The first kappa shape index (κ1) is 23.6. The van der Waals surface area contributed by atoms with Gasteiger partial charge in [-0.1, -0.05) is 69.4 Å². The molecule has 0 aliphatic heterocycles. The van der Waals surface area contributed by atoms with E-state index in [1.807, 2.05) is 59.6 Å². The summed E-state index contributed by atoms with van der Waals surface area (Å²) in [6.45, 7) is 4.44. The number of hydrogen-bond acceptors (Lipinski definition) is 4. The smallest absolute Gasteiger partial charge is 0.128 e. The molecule has 3 rings (SSSR count). The van der Waals surface area contributed by atoms with Crippen LogP contribution in [0, 0.1) is 0 Å². The van der Waals surface area contributed by atoms with E-state index in [1.165, 1.54) is 32.1 Å². The second-order valence-corrected chi connectivity index (χ2v) is 8.05. The lowest BCUT2D eigenvalue weighted by molar-refractivity contribution is 0.302. The number of unbranched alkanes of at least 4 members (excludes halogenated alkanes) is 5. The predicted octanol–water partition coefficient (Wildman–Crippen LogP) is 6.26. The summed E-state index contributed by atoms with van der Waals surface area (Å²) in [5.74, 6) is 0.898. The van der Waals surface area contributed by atoms with Gasteiger partial charge in [-0.3, -0.25) is 4.99 Å². The van der Waals surface area contributed by atoms with Crippen LogP contribution < -0.4 is 4.74 Å². The van der Waals surface area contributed by atoms with Crippen molar-refractivity contribution in [2.24, 2.45) is 4.99 Å². The number of aromatic hydroxyl groups is 1. The molecular formula is C27H35N3O2. The van der Waals surface area contributed by atoms with Crippen molar-refractivity contribution >= 4 is 5.71 Å². The second-order valence-electron chi connectivity index (χ2n) is 8.05. The number of aliphatic imine (C=N–C) groups is 1. The molecule has 0 saturated carbocycles. The van der Waals surface area contributed by atoms with E-state index in [4.69, 9.17) is 9.73 Å². The molecule has 170 valence electrons. The average Bonchev–Trinajstić information content (AvgIpc) is 3.33. The molecule has 2 aromatic carbocycles. The van der Waals surface area contributed by atoms with Crippen LogP contribution in [-0.4, -0.2) is 33.5 Å². The van der Waals surface area contributed by atoms with Crippen LogP contribution in [0.3, 0.4) is 0 Å². The monoisotopic (exact) mass is 433 g/mol. The first-order valence-corrected chi connectivity index (χ1v) is 11.8. The Bertz CT molecular complexity index is 937. The van der Waals surface area contributed by atoms with Crippen LogP contribution in [0.2, 0.25) is 0 Å². The fraction of sp³-hybridized carbons (Fsp3) is 0.407. The summed E-state index contributed by atoms with van der Waals surface area (Å²) in [6.07, 6.45) is 13.8. The molecule has 0 amide bonds. The number of nitrogens with zero attached hydrogens (tertiary/aromatic N) is 3. The van der Waals surface area contributed by atoms with E-state index in [1.54, 1.807) is 12.3 Å². The third-order valence-electron chi connectivity index (χ3n) is 5.44. The summed E-state index contributed by atoms with van der Waals surface area (Å²) in [5, 5.41) is 10.8. The van der Waals surface area contributed by atoms with Crippen LogP contribution in [0.1, 0.15) is 63.0 Å². The normalized spacial score (nSPS) is 11.6. The highest BCUT2D eigenvalue weighted by atomic mass is 16.5. The standard InChI is InChI=1S/C27H35N3O2/c1-2-3-4-5-6-10-20-32-24-14-15-25(26(31)21-24)27(23-12-8-7-9-13-23)29-16-11-18-30-19-17-28-22-30/h7-9,12-15,17,19,21-22,31H,2-6,10-11,16,18,20H2,1H3/b29-27-. The van der Waals surface area contributed by atoms with E-state index in [0.29, 0.717) is 18.9 Å². The van der Waals surface area contributed by atoms with Gasteiger partial charge < -0.3 is 14.4 Å². The lowest BCUT2D eigenvalue weighted by Gasteiger charge is -2.12. The van der Waals surface area contributed by atoms with Gasteiger partial charge in [0, 0.05) is 42.7 Å². The fourth-order valence-electron chi connectivity index (χ4n) is 3.67. The Morgan fingerprint density at radius 2 is 1.81 bits per heavy atom. The zero-order valence-electron chi connectivity index (χ0n) is 19.1. The molecule has 0 spiro atoms. The third kappa shape index (κ3) is 7.56. The van der Waals surface area contributed by atoms with Crippen molar-refractivity contribution < 1.29 is 9.84 Å². The van der Waals surface area contributed by atoms with Crippen LogP contribution >= 0.6 is 0 Å². The number of aromatic nitrogens is 2. The molecule has 5 nitrogen and oxygen atoms in total. The van der Waals surface area contributed by atoms with E-state index in [-0.39, 0.29) is 5.75 Å². The molecule has 0 bridgehead atoms. The highest BCUT2D eigenvalue weighted by Gasteiger charge is 2.12. The van der Waals surface area contributed by atoms with Gasteiger partial charge in [-0.2, -0.15) is 0 Å². The number of ether oxygens (including phenoxy) is 1. The van der Waals surface area contributed by atoms with Crippen LogP contribution in [-0.2, 0) is 6.54 Å². The largest absolute Gasteiger partial charge is 0.507 e. The van der Waals surface area contributed by atoms with Crippen molar-refractivity contribution in [3.8, 4) is 11.5 Å². The van der Waals surface area contributed by atoms with Crippen molar-refractivity contribution in [3.63, 3.8) is 0 Å². The van der Waals surface area contributed by atoms with Crippen molar-refractivity contribution in [1.82, 2.24) is 9.55 Å². The summed E-state index contributed by atoms with van der Waals surface area (Å²) in [7, 11) is 0. The molecule has 0 aliphatic carbocycles. The maximum Gasteiger partial charge on any atom is 0.128 e. The number of rotatable bonds is 14. The summed E-state index contributed by atoms with van der Waals surface area (Å²) in [5.41, 5.74) is 2.52. The summed E-state index contributed by atoms with van der Waals surface area (Å²) >= 11 is 0. The minimum atomic E-state index is 0.197. The first-order valence-electron chi connectivity index (χ1n) is 11.8. The van der Waals surface area contributed by atoms with Crippen LogP contribution in [0.4, 0.5) is 0 Å². The summed E-state index contributed by atoms with van der Waals surface area (Å²) in [4.78, 5) is 8.92. The van der Waals surface area contributed by atoms with Crippen LogP contribution in [0.5, 0.6) is 11.5 Å². The molecular weight excluding hydrogens is 398 g/mol. The molecule has 3 aromatic rings. The molecule has 0 radical (unpaired) electrons. The lowest BCUT2D eigenvalue weighted by atomic mass is 10.0. The number of phenolic OH excluding ortho intramolecular Hbond substituents is 1. The molecule has 1 aromatic heterocycles. The number of hydrogen-bond donors (Lipinski definition) is 1. The van der Waals surface area contributed by atoms with E-state index >= 15 is 0 Å². The Kier molecular flexibility index (Phi) is 9.84. The number of phenols is 1. The Hall–Kier alpha value is -3.08. The van der Waals surface area contributed by atoms with Crippen molar-refractivity contribution in [2.45, 2.75) is 58.4 Å². The Morgan fingerprint density at radius 3 is 2.56 bits per heavy atom. The molecule has 32 heavy (non-hydrogen) atoms. The summed E-state index contributed by atoms with van der Waals surface area (Å²) in [6, 6.07) is 15.6. The first-order chi connectivity index (χ1) is 15.8. The zero-order valence-corrected chi connectivity index (χ0v) is 19.1. The molecule has 1 heterocycles. The maximum atomic E-state index is 10.8. The van der Waals surface area contributed by atoms with E-state index < -0.39 is 0 Å². The maximum absolute atomic E-state index is 10.8. The van der Waals surface area contributed by atoms with Crippen molar-refractivity contribution in [2.75, 3.05) is 13.2 Å². The second kappa shape index (κ2) is 13.4. The van der Waals surface area contributed by atoms with Gasteiger partial charge in [-0.25, -0.2) is 4.98 Å². The lowest BCUT2D eigenvalue weighted by Crippen LogP contribution is -2.06. The Labute approximate surface area is 191 Å². The highest BCUT2D eigenvalue weighted by Crippen LogP contribution is 2.27. The molecule has 0 fully saturated rings. The fourth-order valence-corrected chi connectivity index (χ4v) is 3.67. The number of aryl methyl sites for hydroxylation is 1. The van der Waals surface area contributed by atoms with Gasteiger partial charge >= 0.3 is 0 Å². The Balaban J connectivity index is 1.62. The number of benzene rings is 2. The zero-order chi connectivity index (χ0) is 22.4. The summed E-state index contributed by atoms with van der Waals surface area (Å²) < 4.78 is 7.91. The average molecular weight is 434 g/mol. The molecule has 0 saturated heterocycles. The number of imidazole rings is 1. The van der Waals surface area contributed by atoms with E-state index in [9.17, 15) is 5.11 Å². The Morgan fingerprint density at radius 1 is 1.00 bits per heavy atom. The van der Waals surface area contributed by atoms with Gasteiger partial charge in [-0.15, -0.1) is 0 Å². The minimum absolute atomic E-state index is 0.197. The van der Waals surface area contributed by atoms with Gasteiger partial charge in [0.2, 0.25) is 0 Å². The van der Waals surface area contributed by atoms with Gasteiger partial charge in [-0.05, 0) is 25.0 Å².